The summed E-state index contributed by atoms with van der Waals surface area (Å²) in [5.41, 5.74) is -1.16. The van der Waals surface area contributed by atoms with Gasteiger partial charge in [-0.25, -0.2) is 13.2 Å². The second-order valence-corrected chi connectivity index (χ2v) is 3.59. The Hall–Kier alpha value is -2.31. The fraction of sp³-hybridized carbons (Fsp3) is 0.0909. The zero-order valence-corrected chi connectivity index (χ0v) is 9.15. The first-order valence-electron chi connectivity index (χ1n) is 4.84. The van der Waals surface area contributed by atoms with Crippen molar-refractivity contribution in [3.8, 4) is 0 Å². The number of amides is 1. The van der Waals surface area contributed by atoms with Gasteiger partial charge in [-0.15, -0.1) is 0 Å². The SMILES string of the molecule is CN(C=O)n1ccc(=O)c2cc(F)c(F)c(F)c21. The fourth-order valence-corrected chi connectivity index (χ4v) is 1.61. The van der Waals surface area contributed by atoms with Crippen molar-refractivity contribution < 1.29 is 18.0 Å². The summed E-state index contributed by atoms with van der Waals surface area (Å²) in [5.74, 6) is -4.67. The van der Waals surface area contributed by atoms with Crippen LogP contribution in [-0.4, -0.2) is 18.1 Å². The van der Waals surface area contributed by atoms with Gasteiger partial charge < -0.3 is 0 Å². The second kappa shape index (κ2) is 4.17. The van der Waals surface area contributed by atoms with E-state index in [2.05, 4.69) is 0 Å². The molecule has 94 valence electrons. The molecule has 0 unspecified atom stereocenters. The normalized spacial score (nSPS) is 10.7. The lowest BCUT2D eigenvalue weighted by molar-refractivity contribution is -0.108. The molecule has 0 radical (unpaired) electrons. The van der Waals surface area contributed by atoms with Crippen molar-refractivity contribution in [3.63, 3.8) is 0 Å². The lowest BCUT2D eigenvalue weighted by Gasteiger charge is -2.18. The molecule has 18 heavy (non-hydrogen) atoms. The van der Waals surface area contributed by atoms with E-state index in [1.54, 1.807) is 0 Å². The Labute approximate surface area is 98.8 Å². The summed E-state index contributed by atoms with van der Waals surface area (Å²) in [5, 5.41) is 0.546. The molecule has 4 nitrogen and oxygen atoms in total. The number of rotatable bonds is 2. The van der Waals surface area contributed by atoms with Crippen molar-refractivity contribution in [2.24, 2.45) is 0 Å². The Morgan fingerprint density at radius 1 is 1.28 bits per heavy atom. The Morgan fingerprint density at radius 3 is 2.56 bits per heavy atom. The van der Waals surface area contributed by atoms with Gasteiger partial charge in [-0.3, -0.25) is 19.3 Å². The first-order chi connectivity index (χ1) is 8.47. The molecule has 0 saturated carbocycles. The maximum Gasteiger partial charge on any atom is 0.228 e. The summed E-state index contributed by atoms with van der Waals surface area (Å²) in [7, 11) is 1.28. The van der Waals surface area contributed by atoms with Crippen molar-refractivity contribution in [3.05, 3.63) is 46.0 Å². The molecule has 7 heteroatoms. The van der Waals surface area contributed by atoms with Gasteiger partial charge in [-0.2, -0.15) is 0 Å². The summed E-state index contributed by atoms with van der Waals surface area (Å²) >= 11 is 0. The van der Waals surface area contributed by atoms with E-state index in [1.807, 2.05) is 0 Å². The van der Waals surface area contributed by atoms with Crippen LogP contribution < -0.4 is 10.4 Å². The van der Waals surface area contributed by atoms with Gasteiger partial charge in [0.1, 0.15) is 5.52 Å². The van der Waals surface area contributed by atoms with Gasteiger partial charge >= 0.3 is 0 Å². The minimum Gasteiger partial charge on any atom is -0.289 e. The second-order valence-electron chi connectivity index (χ2n) is 3.59. The van der Waals surface area contributed by atoms with Crippen molar-refractivity contribution in [1.82, 2.24) is 4.68 Å². The number of nitrogens with zero attached hydrogens (tertiary/aromatic N) is 2. The molecule has 0 aliphatic carbocycles. The first kappa shape index (κ1) is 12.2. The minimum atomic E-state index is -1.69. The van der Waals surface area contributed by atoms with Crippen LogP contribution >= 0.6 is 0 Å². The van der Waals surface area contributed by atoms with Crippen LogP contribution in [0.5, 0.6) is 0 Å². The largest absolute Gasteiger partial charge is 0.289 e. The predicted molar refractivity (Wildman–Crippen MR) is 58.3 cm³/mol. The van der Waals surface area contributed by atoms with Crippen LogP contribution in [0.4, 0.5) is 13.2 Å². The number of carbonyl (C=O) groups excluding carboxylic acids is 1. The smallest absolute Gasteiger partial charge is 0.228 e. The molecule has 0 N–H and O–H groups in total. The van der Waals surface area contributed by atoms with Crippen LogP contribution in [0, 0.1) is 17.5 Å². The van der Waals surface area contributed by atoms with Gasteiger partial charge in [0, 0.05) is 19.3 Å². The van der Waals surface area contributed by atoms with E-state index in [4.69, 9.17) is 0 Å². The summed E-state index contributed by atoms with van der Waals surface area (Å²) in [4.78, 5) is 22.1. The highest BCUT2D eigenvalue weighted by Crippen LogP contribution is 2.20. The molecule has 2 aromatic rings. The lowest BCUT2D eigenvalue weighted by Crippen LogP contribution is -2.30. The van der Waals surface area contributed by atoms with E-state index in [1.165, 1.54) is 7.05 Å². The zero-order valence-electron chi connectivity index (χ0n) is 9.15. The van der Waals surface area contributed by atoms with Crippen molar-refractivity contribution in [1.29, 1.82) is 0 Å². The van der Waals surface area contributed by atoms with Gasteiger partial charge in [-0.05, 0) is 6.07 Å². The molecule has 1 heterocycles. The fourth-order valence-electron chi connectivity index (χ4n) is 1.61. The lowest BCUT2D eigenvalue weighted by atomic mass is 10.2. The Kier molecular flexibility index (Phi) is 2.82. The van der Waals surface area contributed by atoms with Crippen molar-refractivity contribution in [2.45, 2.75) is 0 Å². The van der Waals surface area contributed by atoms with Crippen LogP contribution in [0.25, 0.3) is 10.9 Å². The number of carbonyl (C=O) groups is 1. The highest BCUT2D eigenvalue weighted by atomic mass is 19.2. The number of fused-ring (bicyclic) bond motifs is 1. The minimum absolute atomic E-state index is 0.338. The van der Waals surface area contributed by atoms with Crippen LogP contribution in [0.15, 0.2) is 23.1 Å². The van der Waals surface area contributed by atoms with Gasteiger partial charge in [0.05, 0.1) is 5.39 Å². The van der Waals surface area contributed by atoms with Crippen LogP contribution in [-0.2, 0) is 4.79 Å². The third kappa shape index (κ3) is 1.64. The van der Waals surface area contributed by atoms with Gasteiger partial charge in [0.2, 0.25) is 6.41 Å². The van der Waals surface area contributed by atoms with Gasteiger partial charge in [0.15, 0.2) is 22.9 Å². The summed E-state index contributed by atoms with van der Waals surface area (Å²) in [6.45, 7) is 0. The van der Waals surface area contributed by atoms with E-state index in [0.29, 0.717) is 12.5 Å². The molecule has 0 bridgehead atoms. The number of hydrogen-bond donors (Lipinski definition) is 0. The monoisotopic (exact) mass is 256 g/mol. The highest BCUT2D eigenvalue weighted by molar-refractivity contribution is 5.81. The Morgan fingerprint density at radius 2 is 1.94 bits per heavy atom. The van der Waals surface area contributed by atoms with Crippen molar-refractivity contribution >= 4 is 17.3 Å². The number of halogens is 3. The highest BCUT2D eigenvalue weighted by Gasteiger charge is 2.18. The van der Waals surface area contributed by atoms with Crippen LogP contribution in [0.1, 0.15) is 0 Å². The topological polar surface area (TPSA) is 42.3 Å². The maximum absolute atomic E-state index is 13.7. The molecule has 0 spiro atoms. The van der Waals surface area contributed by atoms with Crippen LogP contribution in [0.3, 0.4) is 0 Å². The Bertz CT molecular complexity index is 697. The molecule has 0 aliphatic rings. The van der Waals surface area contributed by atoms with Gasteiger partial charge in [-0.1, -0.05) is 0 Å². The average Bonchev–Trinajstić information content (AvgIpc) is 2.36. The number of hydrogen-bond acceptors (Lipinski definition) is 2. The molecule has 1 aromatic heterocycles. The average molecular weight is 256 g/mol. The summed E-state index contributed by atoms with van der Waals surface area (Å²) in [6, 6.07) is 1.63. The zero-order chi connectivity index (χ0) is 13.4. The summed E-state index contributed by atoms with van der Waals surface area (Å²) in [6.07, 6.45) is 1.43. The van der Waals surface area contributed by atoms with E-state index in [9.17, 15) is 22.8 Å². The maximum atomic E-state index is 13.7. The van der Waals surface area contributed by atoms with E-state index in [-0.39, 0.29) is 5.39 Å². The standard InChI is InChI=1S/C11H7F3N2O2/c1-15(5-17)16-3-2-8(18)6-4-7(12)9(13)10(14)11(6)16/h2-5H,1H3. The summed E-state index contributed by atoms with van der Waals surface area (Å²) < 4.78 is 40.8. The number of pyridine rings is 1. The first-order valence-corrected chi connectivity index (χ1v) is 4.84. The molecule has 2 rings (SSSR count). The van der Waals surface area contributed by atoms with Crippen LogP contribution in [0.2, 0.25) is 0 Å². The van der Waals surface area contributed by atoms with E-state index < -0.39 is 28.4 Å². The molecule has 0 aliphatic heterocycles. The number of aromatic nitrogens is 1. The molecule has 1 amide bonds. The molecule has 0 fully saturated rings. The van der Waals surface area contributed by atoms with Gasteiger partial charge in [0.25, 0.3) is 0 Å². The predicted octanol–water partition coefficient (Wildman–Crippen LogP) is 1.14. The molecular formula is C11H7F3N2O2. The third-order valence-corrected chi connectivity index (χ3v) is 2.49. The third-order valence-electron chi connectivity index (χ3n) is 2.49. The molecular weight excluding hydrogens is 249 g/mol. The Balaban J connectivity index is 3.00. The number of benzene rings is 1. The molecule has 0 atom stereocenters. The van der Waals surface area contributed by atoms with E-state index >= 15 is 0 Å². The molecule has 1 aromatic carbocycles. The van der Waals surface area contributed by atoms with Crippen molar-refractivity contribution in [2.75, 3.05) is 12.1 Å². The van der Waals surface area contributed by atoms with E-state index in [0.717, 1.165) is 21.9 Å². The quantitative estimate of drug-likeness (QED) is 0.597. The molecule has 0 saturated heterocycles.